The van der Waals surface area contributed by atoms with Crippen molar-refractivity contribution in [3.05, 3.63) is 29.8 Å². The van der Waals surface area contributed by atoms with Crippen LogP contribution in [0.5, 0.6) is 5.75 Å². The minimum absolute atomic E-state index is 0.0610. The summed E-state index contributed by atoms with van der Waals surface area (Å²) in [5.41, 5.74) is 7.18. The molecule has 4 heteroatoms. The first-order valence-electron chi connectivity index (χ1n) is 7.38. The number of hydrogen-bond donors (Lipinski definition) is 1. The highest BCUT2D eigenvalue weighted by molar-refractivity contribution is 5.78. The number of rotatable bonds is 7. The van der Waals surface area contributed by atoms with Gasteiger partial charge in [0.25, 0.3) is 0 Å². The van der Waals surface area contributed by atoms with E-state index < -0.39 is 0 Å². The number of nitrogens with zero attached hydrogens (tertiary/aromatic N) is 2. The first-order chi connectivity index (χ1) is 9.60. The summed E-state index contributed by atoms with van der Waals surface area (Å²) in [6.45, 7) is 10.7. The van der Waals surface area contributed by atoms with E-state index in [1.807, 2.05) is 23.1 Å². The molecule has 0 aromatic heterocycles. The highest BCUT2D eigenvalue weighted by Crippen LogP contribution is 2.15. The smallest absolute Gasteiger partial charge is 0.191 e. The zero-order valence-corrected chi connectivity index (χ0v) is 13.1. The van der Waals surface area contributed by atoms with Crippen molar-refractivity contribution in [2.75, 3.05) is 19.6 Å². The zero-order valence-electron chi connectivity index (χ0n) is 13.1. The first kappa shape index (κ1) is 16.3. The zero-order chi connectivity index (χ0) is 15.0. The van der Waals surface area contributed by atoms with Gasteiger partial charge in [-0.05, 0) is 44.9 Å². The van der Waals surface area contributed by atoms with E-state index >= 15 is 0 Å². The van der Waals surface area contributed by atoms with Gasteiger partial charge in [-0.25, -0.2) is 4.99 Å². The molecule has 0 bridgehead atoms. The molecule has 1 aromatic carbocycles. The van der Waals surface area contributed by atoms with Crippen LogP contribution in [-0.2, 0) is 0 Å². The summed E-state index contributed by atoms with van der Waals surface area (Å²) < 4.78 is 5.96. The van der Waals surface area contributed by atoms with E-state index in [0.717, 1.165) is 25.3 Å². The summed E-state index contributed by atoms with van der Waals surface area (Å²) in [4.78, 5) is 6.49. The van der Waals surface area contributed by atoms with Crippen LogP contribution >= 0.6 is 0 Å². The highest BCUT2D eigenvalue weighted by Gasteiger charge is 2.09. The molecule has 112 valence electrons. The third-order valence-corrected chi connectivity index (χ3v) is 3.29. The van der Waals surface area contributed by atoms with Crippen LogP contribution in [-0.4, -0.2) is 36.6 Å². The van der Waals surface area contributed by atoms with Crippen molar-refractivity contribution < 1.29 is 4.74 Å². The lowest BCUT2D eigenvalue weighted by Gasteiger charge is -2.21. The van der Waals surface area contributed by atoms with Crippen LogP contribution < -0.4 is 10.5 Å². The van der Waals surface area contributed by atoms with Gasteiger partial charge in [-0.1, -0.05) is 19.1 Å². The lowest BCUT2D eigenvalue weighted by Crippen LogP contribution is -2.38. The lowest BCUT2D eigenvalue weighted by molar-refractivity contribution is 0.205. The van der Waals surface area contributed by atoms with Crippen LogP contribution in [0.4, 0.5) is 0 Å². The average Bonchev–Trinajstić information content (AvgIpc) is 2.44. The third-order valence-electron chi connectivity index (χ3n) is 3.29. The lowest BCUT2D eigenvalue weighted by atomic mass is 10.2. The second-order valence-corrected chi connectivity index (χ2v) is 4.84. The molecule has 0 amide bonds. The van der Waals surface area contributed by atoms with Crippen molar-refractivity contribution >= 4 is 5.96 Å². The molecule has 1 atom stereocenters. The highest BCUT2D eigenvalue weighted by atomic mass is 16.5. The topological polar surface area (TPSA) is 50.8 Å². The van der Waals surface area contributed by atoms with Gasteiger partial charge in [0.2, 0.25) is 0 Å². The number of aliphatic imine (C=N–C) groups is 1. The third kappa shape index (κ3) is 5.11. The fraction of sp³-hybridized carbons (Fsp3) is 0.562. The summed E-state index contributed by atoms with van der Waals surface area (Å²) in [5.74, 6) is 1.50. The predicted molar refractivity (Wildman–Crippen MR) is 85.3 cm³/mol. The monoisotopic (exact) mass is 277 g/mol. The van der Waals surface area contributed by atoms with Gasteiger partial charge < -0.3 is 15.4 Å². The van der Waals surface area contributed by atoms with E-state index in [4.69, 9.17) is 10.5 Å². The number of ether oxygens (including phenoxy) is 1. The molecule has 1 rings (SSSR count). The molecule has 20 heavy (non-hydrogen) atoms. The SMILES string of the molecule is CCC(CN=C(N)N(CC)CC)Oc1cccc(C)c1. The van der Waals surface area contributed by atoms with E-state index in [-0.39, 0.29) is 6.10 Å². The molecule has 0 aliphatic rings. The molecule has 0 aliphatic heterocycles. The van der Waals surface area contributed by atoms with Crippen molar-refractivity contribution in [1.82, 2.24) is 4.90 Å². The molecule has 0 fully saturated rings. The average molecular weight is 277 g/mol. The van der Waals surface area contributed by atoms with Crippen LogP contribution in [0.3, 0.4) is 0 Å². The van der Waals surface area contributed by atoms with Crippen LogP contribution in [0.15, 0.2) is 29.3 Å². The Bertz CT molecular complexity index is 427. The van der Waals surface area contributed by atoms with Gasteiger partial charge in [-0.15, -0.1) is 0 Å². The summed E-state index contributed by atoms with van der Waals surface area (Å²) in [6.07, 6.45) is 0.967. The molecule has 1 unspecified atom stereocenters. The molecule has 0 saturated carbocycles. The van der Waals surface area contributed by atoms with Crippen molar-refractivity contribution in [3.63, 3.8) is 0 Å². The van der Waals surface area contributed by atoms with Gasteiger partial charge in [0.15, 0.2) is 5.96 Å². The van der Waals surface area contributed by atoms with Crippen LogP contribution in [0.2, 0.25) is 0 Å². The molecule has 0 spiro atoms. The fourth-order valence-corrected chi connectivity index (χ4v) is 1.97. The van der Waals surface area contributed by atoms with Gasteiger partial charge in [0.1, 0.15) is 11.9 Å². The van der Waals surface area contributed by atoms with Crippen LogP contribution in [0.25, 0.3) is 0 Å². The molecule has 0 aliphatic carbocycles. The van der Waals surface area contributed by atoms with Gasteiger partial charge >= 0.3 is 0 Å². The quantitative estimate of drug-likeness (QED) is 0.616. The van der Waals surface area contributed by atoms with Gasteiger partial charge in [-0.2, -0.15) is 0 Å². The van der Waals surface area contributed by atoms with Crippen molar-refractivity contribution in [3.8, 4) is 5.75 Å². The van der Waals surface area contributed by atoms with Crippen LogP contribution in [0, 0.1) is 6.92 Å². The van der Waals surface area contributed by atoms with Crippen molar-refractivity contribution in [2.45, 2.75) is 40.2 Å². The number of nitrogens with two attached hydrogens (primary N) is 1. The Balaban J connectivity index is 2.61. The Hall–Kier alpha value is -1.71. The number of aryl methyl sites for hydroxylation is 1. The van der Waals surface area contributed by atoms with E-state index in [2.05, 4.69) is 38.8 Å². The molecule has 1 aromatic rings. The Morgan fingerprint density at radius 2 is 2.00 bits per heavy atom. The maximum atomic E-state index is 5.98. The molecule has 2 N–H and O–H groups in total. The Morgan fingerprint density at radius 1 is 1.30 bits per heavy atom. The number of benzene rings is 1. The van der Waals surface area contributed by atoms with Crippen LogP contribution in [0.1, 0.15) is 32.8 Å². The number of guanidine groups is 1. The Labute approximate surface area is 122 Å². The van der Waals surface area contributed by atoms with E-state index in [9.17, 15) is 0 Å². The molecule has 4 nitrogen and oxygen atoms in total. The summed E-state index contributed by atoms with van der Waals surface area (Å²) in [6, 6.07) is 8.09. The standard InChI is InChI=1S/C16H27N3O/c1-5-14(12-18-16(17)19(6-2)7-3)20-15-10-8-9-13(4)11-15/h8-11,14H,5-7,12H2,1-4H3,(H2,17,18). The molecule has 0 heterocycles. The summed E-state index contributed by atoms with van der Waals surface area (Å²) in [7, 11) is 0. The van der Waals surface area contributed by atoms with Gasteiger partial charge in [0.05, 0.1) is 6.54 Å². The van der Waals surface area contributed by atoms with Crippen molar-refractivity contribution in [1.29, 1.82) is 0 Å². The number of hydrogen-bond acceptors (Lipinski definition) is 2. The minimum Gasteiger partial charge on any atom is -0.489 e. The normalized spacial score (nSPS) is 13.1. The maximum absolute atomic E-state index is 5.98. The largest absolute Gasteiger partial charge is 0.489 e. The minimum atomic E-state index is 0.0610. The molecular weight excluding hydrogens is 250 g/mol. The second kappa shape index (κ2) is 8.46. The van der Waals surface area contributed by atoms with Gasteiger partial charge in [0, 0.05) is 13.1 Å². The maximum Gasteiger partial charge on any atom is 0.191 e. The van der Waals surface area contributed by atoms with E-state index in [1.165, 1.54) is 5.56 Å². The fourth-order valence-electron chi connectivity index (χ4n) is 1.97. The summed E-state index contributed by atoms with van der Waals surface area (Å²) in [5, 5.41) is 0. The first-order valence-corrected chi connectivity index (χ1v) is 7.38. The van der Waals surface area contributed by atoms with E-state index in [0.29, 0.717) is 12.5 Å². The van der Waals surface area contributed by atoms with Crippen molar-refractivity contribution in [2.24, 2.45) is 10.7 Å². The van der Waals surface area contributed by atoms with E-state index in [1.54, 1.807) is 0 Å². The Morgan fingerprint density at radius 3 is 2.55 bits per heavy atom. The predicted octanol–water partition coefficient (Wildman–Crippen LogP) is 2.81. The molecule has 0 radical (unpaired) electrons. The second-order valence-electron chi connectivity index (χ2n) is 4.84. The molecule has 0 saturated heterocycles. The Kier molecular flexibility index (Phi) is 6.91. The molecular formula is C16H27N3O. The van der Waals surface area contributed by atoms with Gasteiger partial charge in [-0.3, -0.25) is 0 Å². The summed E-state index contributed by atoms with van der Waals surface area (Å²) >= 11 is 0.